The molecule has 0 aliphatic carbocycles. The Morgan fingerprint density at radius 1 is 1.21 bits per heavy atom. The number of ether oxygens (including phenoxy) is 1. The Balaban J connectivity index is 2.80. The van der Waals surface area contributed by atoms with Crippen LogP contribution in [0.25, 0.3) is 0 Å². The van der Waals surface area contributed by atoms with Crippen molar-refractivity contribution in [1.82, 2.24) is 0 Å². The lowest BCUT2D eigenvalue weighted by Gasteiger charge is -2.05. The van der Waals surface area contributed by atoms with E-state index in [9.17, 15) is 22.8 Å². The molecule has 0 unspecified atom stereocenters. The van der Waals surface area contributed by atoms with Gasteiger partial charge >= 0.3 is 17.9 Å². The van der Waals surface area contributed by atoms with Crippen LogP contribution in [0.3, 0.4) is 0 Å². The van der Waals surface area contributed by atoms with E-state index in [-0.39, 0.29) is 12.2 Å². The monoisotopic (exact) mass is 270 g/mol. The number of halogens is 3. The molecule has 0 heterocycles. The Labute approximate surface area is 107 Å². The minimum absolute atomic E-state index is 0.0481. The molecule has 0 spiro atoms. The number of benzene rings is 1. The van der Waals surface area contributed by atoms with Crippen molar-refractivity contribution < 1.29 is 27.5 Å². The van der Waals surface area contributed by atoms with Gasteiger partial charge in [-0.2, -0.15) is 13.2 Å². The highest BCUT2D eigenvalue weighted by molar-refractivity contribution is 6.40. The maximum absolute atomic E-state index is 12.3. The highest BCUT2D eigenvalue weighted by atomic mass is 19.4. The van der Waals surface area contributed by atoms with E-state index in [0.29, 0.717) is 0 Å². The third-order valence-corrected chi connectivity index (χ3v) is 1.99. The van der Waals surface area contributed by atoms with Gasteiger partial charge in [0.2, 0.25) is 0 Å². The van der Waals surface area contributed by atoms with Crippen LogP contribution in [0.2, 0.25) is 0 Å². The Hall–Kier alpha value is -2.29. The number of alkyl halides is 3. The molecular weight excluding hydrogens is 261 g/mol. The van der Waals surface area contributed by atoms with Gasteiger partial charge in [0.1, 0.15) is 0 Å². The van der Waals surface area contributed by atoms with Gasteiger partial charge in [-0.3, -0.25) is 4.79 Å². The van der Waals surface area contributed by atoms with Crippen molar-refractivity contribution in [3.05, 3.63) is 35.4 Å². The summed E-state index contributed by atoms with van der Waals surface area (Å²) >= 11 is 0. The first kappa shape index (κ1) is 14.8. The molecule has 6 heteroatoms. The SMILES string of the molecule is CCOC(=O)C(=O)C#Cc1ccc(C(F)(F)F)cc1. The van der Waals surface area contributed by atoms with Crippen molar-refractivity contribution in [1.29, 1.82) is 0 Å². The predicted octanol–water partition coefficient (Wildman–Crippen LogP) is 2.19. The third kappa shape index (κ3) is 4.47. The fourth-order valence-corrected chi connectivity index (χ4v) is 1.12. The molecule has 0 saturated carbocycles. The minimum atomic E-state index is -4.42. The summed E-state index contributed by atoms with van der Waals surface area (Å²) in [5.41, 5.74) is -0.611. The van der Waals surface area contributed by atoms with Gasteiger partial charge < -0.3 is 4.74 Å². The average molecular weight is 270 g/mol. The fourth-order valence-electron chi connectivity index (χ4n) is 1.12. The van der Waals surface area contributed by atoms with E-state index in [1.165, 1.54) is 6.92 Å². The number of ketones is 1. The van der Waals surface area contributed by atoms with Crippen LogP contribution < -0.4 is 0 Å². The van der Waals surface area contributed by atoms with Crippen molar-refractivity contribution >= 4 is 11.8 Å². The molecule has 0 saturated heterocycles. The number of hydrogen-bond donors (Lipinski definition) is 0. The molecule has 19 heavy (non-hydrogen) atoms. The van der Waals surface area contributed by atoms with Crippen molar-refractivity contribution in [2.75, 3.05) is 6.61 Å². The molecule has 1 aromatic rings. The van der Waals surface area contributed by atoms with Crippen LogP contribution in [0, 0.1) is 11.8 Å². The van der Waals surface area contributed by atoms with Gasteiger partial charge in [-0.05, 0) is 37.1 Å². The second-order valence-corrected chi connectivity index (χ2v) is 3.37. The Morgan fingerprint density at radius 2 is 1.79 bits per heavy atom. The van der Waals surface area contributed by atoms with Gasteiger partial charge in [-0.1, -0.05) is 5.92 Å². The van der Waals surface area contributed by atoms with Crippen molar-refractivity contribution in [2.24, 2.45) is 0 Å². The number of carbonyl (C=O) groups is 2. The average Bonchev–Trinajstić information content (AvgIpc) is 2.35. The first-order valence-corrected chi connectivity index (χ1v) is 5.25. The van der Waals surface area contributed by atoms with Crippen LogP contribution in [-0.4, -0.2) is 18.4 Å². The van der Waals surface area contributed by atoms with E-state index in [1.807, 2.05) is 5.92 Å². The molecule has 0 aliphatic heterocycles. The summed E-state index contributed by atoms with van der Waals surface area (Å²) in [7, 11) is 0. The molecular formula is C13H9F3O3. The van der Waals surface area contributed by atoms with E-state index < -0.39 is 23.5 Å². The van der Waals surface area contributed by atoms with E-state index >= 15 is 0 Å². The molecule has 0 atom stereocenters. The highest BCUT2D eigenvalue weighted by Gasteiger charge is 2.29. The zero-order valence-electron chi connectivity index (χ0n) is 9.88. The van der Waals surface area contributed by atoms with Gasteiger partial charge in [-0.25, -0.2) is 4.79 Å². The van der Waals surface area contributed by atoms with Gasteiger partial charge in [-0.15, -0.1) is 0 Å². The summed E-state index contributed by atoms with van der Waals surface area (Å²) in [6, 6.07) is 3.93. The molecule has 0 fully saturated rings. The van der Waals surface area contributed by atoms with Crippen LogP contribution in [0.5, 0.6) is 0 Å². The Bertz CT molecular complexity index is 533. The van der Waals surface area contributed by atoms with Gasteiger partial charge in [0.05, 0.1) is 12.2 Å². The first-order chi connectivity index (χ1) is 8.84. The van der Waals surface area contributed by atoms with E-state index in [4.69, 9.17) is 0 Å². The maximum Gasteiger partial charge on any atom is 0.416 e. The molecule has 1 rings (SSSR count). The molecule has 100 valence electrons. The lowest BCUT2D eigenvalue weighted by Crippen LogP contribution is -2.15. The first-order valence-electron chi connectivity index (χ1n) is 5.25. The van der Waals surface area contributed by atoms with Gasteiger partial charge in [0.15, 0.2) is 0 Å². The number of hydrogen-bond acceptors (Lipinski definition) is 3. The van der Waals surface area contributed by atoms with Crippen LogP contribution in [0.15, 0.2) is 24.3 Å². The van der Waals surface area contributed by atoms with Gasteiger partial charge in [0.25, 0.3) is 0 Å². The maximum atomic E-state index is 12.3. The van der Waals surface area contributed by atoms with Crippen LogP contribution in [0.4, 0.5) is 13.2 Å². The zero-order chi connectivity index (χ0) is 14.5. The smallest absolute Gasteiger partial charge is 0.416 e. The molecule has 3 nitrogen and oxygen atoms in total. The van der Waals surface area contributed by atoms with Crippen LogP contribution >= 0.6 is 0 Å². The summed E-state index contributed by atoms with van der Waals surface area (Å²) in [4.78, 5) is 22.0. The topological polar surface area (TPSA) is 43.4 Å². The van der Waals surface area contributed by atoms with E-state index in [0.717, 1.165) is 24.3 Å². The third-order valence-electron chi connectivity index (χ3n) is 1.99. The quantitative estimate of drug-likeness (QED) is 0.470. The minimum Gasteiger partial charge on any atom is -0.459 e. The molecule has 1 aromatic carbocycles. The number of Topliss-reactive ketones (excluding diaryl/α,β-unsaturated/α-hetero) is 1. The molecule has 0 N–H and O–H groups in total. The van der Waals surface area contributed by atoms with E-state index in [2.05, 4.69) is 10.7 Å². The largest absolute Gasteiger partial charge is 0.459 e. The second-order valence-electron chi connectivity index (χ2n) is 3.37. The number of rotatable bonds is 2. The Kier molecular flexibility index (Phi) is 4.70. The molecule has 0 aliphatic rings. The van der Waals surface area contributed by atoms with Crippen LogP contribution in [-0.2, 0) is 20.5 Å². The normalized spacial score (nSPS) is 10.3. The molecule has 0 bridgehead atoms. The highest BCUT2D eigenvalue weighted by Crippen LogP contribution is 2.28. The molecule has 0 aromatic heterocycles. The summed E-state index contributed by atoms with van der Waals surface area (Å²) in [5, 5.41) is 0. The van der Waals surface area contributed by atoms with Crippen molar-refractivity contribution in [2.45, 2.75) is 13.1 Å². The standard InChI is InChI=1S/C13H9F3O3/c1-2-19-12(18)11(17)8-5-9-3-6-10(7-4-9)13(14,15)16/h3-4,6-7H,2H2,1H3. The predicted molar refractivity (Wildman–Crippen MR) is 60.0 cm³/mol. The lowest BCUT2D eigenvalue weighted by atomic mass is 10.1. The number of esters is 1. The van der Waals surface area contributed by atoms with E-state index in [1.54, 1.807) is 0 Å². The second kappa shape index (κ2) is 6.05. The van der Waals surface area contributed by atoms with Crippen LogP contribution in [0.1, 0.15) is 18.1 Å². The van der Waals surface area contributed by atoms with Gasteiger partial charge in [0, 0.05) is 5.56 Å². The molecule has 0 radical (unpaired) electrons. The summed E-state index contributed by atoms with van der Waals surface area (Å²) in [6.45, 7) is 1.58. The van der Waals surface area contributed by atoms with Crippen molar-refractivity contribution in [3.8, 4) is 11.8 Å². The fraction of sp³-hybridized carbons (Fsp3) is 0.231. The summed E-state index contributed by atoms with van der Waals surface area (Å²) in [5.74, 6) is 2.17. The summed E-state index contributed by atoms with van der Waals surface area (Å²) in [6.07, 6.45) is -4.42. The number of carbonyl (C=O) groups excluding carboxylic acids is 2. The van der Waals surface area contributed by atoms with Crippen molar-refractivity contribution in [3.63, 3.8) is 0 Å². The lowest BCUT2D eigenvalue weighted by molar-refractivity contribution is -0.150. The Morgan fingerprint density at radius 3 is 2.26 bits per heavy atom. The zero-order valence-corrected chi connectivity index (χ0v) is 9.88. The molecule has 0 amide bonds. The summed E-state index contributed by atoms with van der Waals surface area (Å²) < 4.78 is 41.2.